The summed E-state index contributed by atoms with van der Waals surface area (Å²) in [6.07, 6.45) is 4.54. The first-order valence-corrected chi connectivity index (χ1v) is 12.1. The van der Waals surface area contributed by atoms with Crippen LogP contribution in [0.5, 0.6) is 0 Å². The highest BCUT2D eigenvalue weighted by Crippen LogP contribution is 2.42. The van der Waals surface area contributed by atoms with E-state index in [-0.39, 0.29) is 5.97 Å². The average molecular weight is 440 g/mol. The Balaban J connectivity index is 1.38. The van der Waals surface area contributed by atoms with Crippen LogP contribution in [0.15, 0.2) is 72.8 Å². The zero-order valence-corrected chi connectivity index (χ0v) is 18.8. The summed E-state index contributed by atoms with van der Waals surface area (Å²) < 4.78 is 5.93. The van der Waals surface area contributed by atoms with Gasteiger partial charge in [0, 0.05) is 54.5 Å². The smallest absolute Gasteiger partial charge is 0.340 e. The number of carbonyl (C=O) groups excluding carboxylic acids is 1. The quantitative estimate of drug-likeness (QED) is 0.463. The van der Waals surface area contributed by atoms with Gasteiger partial charge in [0.1, 0.15) is 0 Å². The van der Waals surface area contributed by atoms with Crippen molar-refractivity contribution < 1.29 is 9.53 Å². The van der Waals surface area contributed by atoms with Crippen molar-refractivity contribution in [3.05, 3.63) is 83.9 Å². The Bertz CT molecular complexity index is 1070. The highest BCUT2D eigenvalue weighted by atomic mass is 16.6. The molecule has 0 aliphatic carbocycles. The zero-order valence-electron chi connectivity index (χ0n) is 18.8. The van der Waals surface area contributed by atoms with Crippen LogP contribution in [0.1, 0.15) is 47.8 Å². The lowest BCUT2D eigenvalue weighted by atomic mass is 10.1. The Morgan fingerprint density at radius 3 is 1.67 bits per heavy atom. The second-order valence-electron chi connectivity index (χ2n) is 9.14. The van der Waals surface area contributed by atoms with Crippen LogP contribution in [0, 0.1) is 0 Å². The molecule has 168 valence electrons. The first kappa shape index (κ1) is 20.2. The van der Waals surface area contributed by atoms with Crippen LogP contribution >= 0.6 is 0 Å². The summed E-state index contributed by atoms with van der Waals surface area (Å²) in [6.45, 7) is 4.48. The molecule has 0 N–H and O–H groups in total. The lowest BCUT2D eigenvalue weighted by Gasteiger charge is -2.31. The van der Waals surface area contributed by atoms with E-state index >= 15 is 0 Å². The molecular weight excluding hydrogens is 410 g/mol. The molecule has 0 bridgehead atoms. The molecule has 1 unspecified atom stereocenters. The van der Waals surface area contributed by atoms with E-state index in [1.165, 1.54) is 37.1 Å². The molecule has 6 rings (SSSR count). The van der Waals surface area contributed by atoms with Crippen molar-refractivity contribution in [2.24, 2.45) is 0 Å². The second kappa shape index (κ2) is 8.47. The van der Waals surface area contributed by atoms with Gasteiger partial charge in [-0.25, -0.2) is 4.79 Å². The Morgan fingerprint density at radius 2 is 1.15 bits per heavy atom. The first-order valence-electron chi connectivity index (χ1n) is 12.1. The summed E-state index contributed by atoms with van der Waals surface area (Å²) in [5, 5.41) is 0. The molecule has 0 radical (unpaired) electrons. The minimum Gasteiger partial charge on any atom is -0.433 e. The van der Waals surface area contributed by atoms with Gasteiger partial charge in [0.25, 0.3) is 0 Å². The second-order valence-corrected chi connectivity index (χ2v) is 9.14. The van der Waals surface area contributed by atoms with Gasteiger partial charge in [-0.2, -0.15) is 0 Å². The Morgan fingerprint density at radius 1 is 0.667 bits per heavy atom. The van der Waals surface area contributed by atoms with Gasteiger partial charge in [-0.15, -0.1) is 0 Å². The first-order chi connectivity index (χ1) is 16.3. The predicted octanol–water partition coefficient (Wildman–Crippen LogP) is 5.89. The van der Waals surface area contributed by atoms with Crippen molar-refractivity contribution >= 4 is 28.7 Å². The monoisotopic (exact) mass is 439 g/mol. The van der Waals surface area contributed by atoms with Crippen LogP contribution in [0.25, 0.3) is 0 Å². The fraction of sp³-hybridized carbons (Fsp3) is 0.321. The van der Waals surface area contributed by atoms with Crippen molar-refractivity contribution in [2.75, 3.05) is 40.9 Å². The van der Waals surface area contributed by atoms with E-state index in [0.717, 1.165) is 43.1 Å². The van der Waals surface area contributed by atoms with Crippen LogP contribution in [0.3, 0.4) is 0 Å². The number of cyclic esters (lactones) is 1. The largest absolute Gasteiger partial charge is 0.433 e. The maximum absolute atomic E-state index is 12.6. The molecule has 3 aliphatic rings. The summed E-state index contributed by atoms with van der Waals surface area (Å²) in [6, 6.07) is 25.1. The van der Waals surface area contributed by atoms with E-state index in [2.05, 4.69) is 63.2 Å². The lowest BCUT2D eigenvalue weighted by Crippen LogP contribution is -2.24. The Hall–Kier alpha value is -3.47. The van der Waals surface area contributed by atoms with Crippen molar-refractivity contribution in [1.29, 1.82) is 0 Å². The van der Waals surface area contributed by atoms with E-state index in [1.54, 1.807) is 0 Å². The average Bonchev–Trinajstić information content (AvgIpc) is 3.64. The maximum Gasteiger partial charge on any atom is 0.340 e. The fourth-order valence-electron chi connectivity index (χ4n) is 5.34. The maximum atomic E-state index is 12.6. The third-order valence-corrected chi connectivity index (χ3v) is 7.10. The van der Waals surface area contributed by atoms with Crippen LogP contribution in [-0.4, -0.2) is 32.1 Å². The van der Waals surface area contributed by atoms with Gasteiger partial charge < -0.3 is 19.4 Å². The molecule has 5 heteroatoms. The van der Waals surface area contributed by atoms with Crippen LogP contribution in [0.4, 0.5) is 22.7 Å². The number of nitrogens with zero attached hydrogens (tertiary/aromatic N) is 3. The van der Waals surface area contributed by atoms with Crippen molar-refractivity contribution in [2.45, 2.75) is 31.9 Å². The van der Waals surface area contributed by atoms with E-state index in [0.29, 0.717) is 5.56 Å². The van der Waals surface area contributed by atoms with Crippen molar-refractivity contribution in [3.63, 3.8) is 0 Å². The molecule has 5 nitrogen and oxygen atoms in total. The molecule has 3 aromatic rings. The number of esters is 1. The summed E-state index contributed by atoms with van der Waals surface area (Å²) in [7, 11) is 0. The molecule has 0 aromatic heterocycles. The van der Waals surface area contributed by atoms with Gasteiger partial charge in [-0.1, -0.05) is 18.2 Å². The number of hydrogen-bond acceptors (Lipinski definition) is 5. The zero-order chi connectivity index (χ0) is 22.2. The van der Waals surface area contributed by atoms with Gasteiger partial charge in [-0.05, 0) is 80.3 Å². The Kier molecular flexibility index (Phi) is 5.17. The number of rotatable bonds is 5. The number of carbonyl (C=O) groups is 1. The third-order valence-electron chi connectivity index (χ3n) is 7.10. The molecule has 2 fully saturated rings. The van der Waals surface area contributed by atoms with E-state index in [9.17, 15) is 4.79 Å². The SMILES string of the molecule is O=C1OC(N(c2ccc(N3CCCC3)cc2)c2ccc(N3CCCC3)cc2)c2ccccc21. The van der Waals surface area contributed by atoms with Crippen LogP contribution < -0.4 is 14.7 Å². The summed E-state index contributed by atoms with van der Waals surface area (Å²) in [4.78, 5) is 19.6. The van der Waals surface area contributed by atoms with E-state index in [1.807, 2.05) is 24.3 Å². The van der Waals surface area contributed by atoms with Crippen molar-refractivity contribution in [3.8, 4) is 0 Å². The normalized spacial score (nSPS) is 19.6. The molecule has 3 aliphatic heterocycles. The highest BCUT2D eigenvalue weighted by molar-refractivity contribution is 5.95. The van der Waals surface area contributed by atoms with Gasteiger partial charge in [-0.3, -0.25) is 0 Å². The molecule has 33 heavy (non-hydrogen) atoms. The molecule has 2 saturated heterocycles. The fourth-order valence-corrected chi connectivity index (χ4v) is 5.34. The molecule has 0 spiro atoms. The number of anilines is 4. The summed E-state index contributed by atoms with van der Waals surface area (Å²) >= 11 is 0. The summed E-state index contributed by atoms with van der Waals surface area (Å²) in [5.74, 6) is -0.261. The van der Waals surface area contributed by atoms with E-state index in [4.69, 9.17) is 4.74 Å². The minimum atomic E-state index is -0.482. The van der Waals surface area contributed by atoms with Gasteiger partial charge in [0.05, 0.1) is 5.56 Å². The number of benzene rings is 3. The number of hydrogen-bond donors (Lipinski definition) is 0. The minimum absolute atomic E-state index is 0.261. The third kappa shape index (κ3) is 3.71. The summed E-state index contributed by atoms with van der Waals surface area (Å²) in [5.41, 5.74) is 6.10. The Labute approximate surface area is 195 Å². The number of fused-ring (bicyclic) bond motifs is 1. The lowest BCUT2D eigenvalue weighted by molar-refractivity contribution is 0.0399. The molecule has 1 atom stereocenters. The predicted molar refractivity (Wildman–Crippen MR) is 133 cm³/mol. The molecule has 0 amide bonds. The topological polar surface area (TPSA) is 36.0 Å². The standard InChI is InChI=1S/C28H29N3O2/c32-28-26-8-2-1-7-25(26)27(33-28)31(23-13-9-21(10-14-23)29-17-3-4-18-29)24-15-11-22(12-16-24)30-19-5-6-20-30/h1-2,7-16,27H,3-6,17-20H2. The van der Waals surface area contributed by atoms with E-state index < -0.39 is 6.23 Å². The molecular formula is C28H29N3O2. The van der Waals surface area contributed by atoms with Gasteiger partial charge >= 0.3 is 5.97 Å². The molecule has 0 saturated carbocycles. The van der Waals surface area contributed by atoms with Crippen LogP contribution in [-0.2, 0) is 4.74 Å². The van der Waals surface area contributed by atoms with Crippen molar-refractivity contribution in [1.82, 2.24) is 0 Å². The molecule has 3 heterocycles. The van der Waals surface area contributed by atoms with Crippen LogP contribution in [0.2, 0.25) is 0 Å². The van der Waals surface area contributed by atoms with Gasteiger partial charge in [0.2, 0.25) is 6.23 Å². The molecule has 3 aromatic carbocycles. The van der Waals surface area contributed by atoms with Gasteiger partial charge in [0.15, 0.2) is 0 Å². The highest BCUT2D eigenvalue weighted by Gasteiger charge is 2.36. The number of ether oxygens (including phenoxy) is 1.